The number of thiophene rings is 1. The Balaban J connectivity index is 1.36. The van der Waals surface area contributed by atoms with Gasteiger partial charge in [-0.1, -0.05) is 24.1 Å². The van der Waals surface area contributed by atoms with Crippen LogP contribution in [0.4, 0.5) is 0 Å². The molecule has 0 aromatic carbocycles. The molecule has 0 N–H and O–H groups in total. The van der Waals surface area contributed by atoms with E-state index in [0.29, 0.717) is 30.6 Å². The van der Waals surface area contributed by atoms with Crippen LogP contribution in [0.5, 0.6) is 0 Å². The molecule has 4 rings (SSSR count). The molecular weight excluding hydrogens is 322 g/mol. The van der Waals surface area contributed by atoms with Crippen LogP contribution < -0.4 is 0 Å². The van der Waals surface area contributed by atoms with Crippen LogP contribution in [0.3, 0.4) is 0 Å². The molecule has 128 valence electrons. The lowest BCUT2D eigenvalue weighted by molar-refractivity contribution is -0.137. The minimum Gasteiger partial charge on any atom is -0.339 e. The van der Waals surface area contributed by atoms with Crippen molar-refractivity contribution in [2.75, 3.05) is 6.54 Å². The van der Waals surface area contributed by atoms with Crippen LogP contribution in [-0.2, 0) is 11.2 Å². The Labute approximate surface area is 146 Å². The highest BCUT2D eigenvalue weighted by Gasteiger charge is 2.35. The number of nitrogens with zero attached hydrogens (tertiary/aromatic N) is 3. The van der Waals surface area contributed by atoms with Gasteiger partial charge in [0.2, 0.25) is 17.6 Å². The van der Waals surface area contributed by atoms with Crippen LogP contribution in [0, 0.1) is 5.92 Å². The molecule has 1 aliphatic carbocycles. The zero-order valence-electron chi connectivity index (χ0n) is 13.8. The van der Waals surface area contributed by atoms with Crippen molar-refractivity contribution in [3.05, 3.63) is 23.4 Å². The highest BCUT2D eigenvalue weighted by molar-refractivity contribution is 7.13. The first-order valence-electron chi connectivity index (χ1n) is 8.97. The minimum absolute atomic E-state index is 0.252. The van der Waals surface area contributed by atoms with Crippen molar-refractivity contribution in [3.8, 4) is 10.7 Å². The van der Waals surface area contributed by atoms with Crippen molar-refractivity contribution < 1.29 is 9.32 Å². The zero-order valence-corrected chi connectivity index (χ0v) is 14.6. The molecule has 6 heteroatoms. The monoisotopic (exact) mass is 345 g/mol. The number of fused-ring (bicyclic) bond motifs is 1. The second-order valence-corrected chi connectivity index (χ2v) is 7.78. The molecule has 5 nitrogen and oxygen atoms in total. The summed E-state index contributed by atoms with van der Waals surface area (Å²) in [5.74, 6) is 2.16. The number of aromatic nitrogens is 2. The third-order valence-electron chi connectivity index (χ3n) is 5.33. The molecule has 2 unspecified atom stereocenters. The largest absolute Gasteiger partial charge is 0.339 e. The second-order valence-electron chi connectivity index (χ2n) is 6.83. The second kappa shape index (κ2) is 7.05. The summed E-state index contributed by atoms with van der Waals surface area (Å²) in [6.07, 6.45) is 8.51. The van der Waals surface area contributed by atoms with E-state index in [1.165, 1.54) is 32.1 Å². The third kappa shape index (κ3) is 3.24. The van der Waals surface area contributed by atoms with Gasteiger partial charge in [-0.05, 0) is 43.0 Å². The molecular formula is C18H23N3O2S. The van der Waals surface area contributed by atoms with Crippen molar-refractivity contribution in [2.24, 2.45) is 5.92 Å². The summed E-state index contributed by atoms with van der Waals surface area (Å²) < 4.78 is 5.31. The fraction of sp³-hybridized carbons (Fsp3) is 0.611. The van der Waals surface area contributed by atoms with E-state index in [1.807, 2.05) is 17.5 Å². The van der Waals surface area contributed by atoms with Gasteiger partial charge in [0.1, 0.15) is 0 Å². The maximum absolute atomic E-state index is 12.7. The Kier molecular flexibility index (Phi) is 4.65. The Bertz CT molecular complexity index is 680. The topological polar surface area (TPSA) is 59.2 Å². The first-order valence-corrected chi connectivity index (χ1v) is 9.85. The van der Waals surface area contributed by atoms with Crippen LogP contribution in [0.1, 0.15) is 50.8 Å². The highest BCUT2D eigenvalue weighted by Crippen LogP contribution is 2.35. The minimum atomic E-state index is 0.252. The van der Waals surface area contributed by atoms with Crippen LogP contribution in [0.15, 0.2) is 22.0 Å². The number of hydrogen-bond acceptors (Lipinski definition) is 5. The van der Waals surface area contributed by atoms with E-state index < -0.39 is 0 Å². The molecule has 2 aromatic heterocycles. The van der Waals surface area contributed by atoms with E-state index in [9.17, 15) is 4.79 Å². The van der Waals surface area contributed by atoms with Crippen LogP contribution in [0.2, 0.25) is 0 Å². The van der Waals surface area contributed by atoms with Gasteiger partial charge in [-0.3, -0.25) is 4.79 Å². The van der Waals surface area contributed by atoms with Crippen molar-refractivity contribution in [3.63, 3.8) is 0 Å². The van der Waals surface area contributed by atoms with Crippen molar-refractivity contribution in [2.45, 2.75) is 57.4 Å². The fourth-order valence-corrected chi connectivity index (χ4v) is 4.80. The molecule has 0 spiro atoms. The number of likely N-dealkylation sites (tertiary alicyclic amines) is 1. The predicted octanol–water partition coefficient (Wildman–Crippen LogP) is 3.91. The van der Waals surface area contributed by atoms with E-state index in [1.54, 1.807) is 11.3 Å². The Morgan fingerprint density at radius 3 is 3.04 bits per heavy atom. The summed E-state index contributed by atoms with van der Waals surface area (Å²) in [7, 11) is 0. The van der Waals surface area contributed by atoms with Gasteiger partial charge in [0.25, 0.3) is 0 Å². The van der Waals surface area contributed by atoms with Gasteiger partial charge >= 0.3 is 0 Å². The first-order chi connectivity index (χ1) is 11.8. The number of carbonyl (C=O) groups excluding carboxylic acids is 1. The molecule has 2 aromatic rings. The molecule has 1 amide bonds. The van der Waals surface area contributed by atoms with E-state index in [4.69, 9.17) is 4.52 Å². The predicted molar refractivity (Wildman–Crippen MR) is 92.6 cm³/mol. The molecule has 1 saturated heterocycles. The average Bonchev–Trinajstić information content (AvgIpc) is 3.30. The summed E-state index contributed by atoms with van der Waals surface area (Å²) >= 11 is 1.59. The molecule has 2 atom stereocenters. The van der Waals surface area contributed by atoms with E-state index in [0.717, 1.165) is 23.8 Å². The van der Waals surface area contributed by atoms with Crippen molar-refractivity contribution in [1.82, 2.24) is 15.0 Å². The lowest BCUT2D eigenvalue weighted by Gasteiger charge is -2.44. The number of amides is 1. The van der Waals surface area contributed by atoms with Crippen molar-refractivity contribution >= 4 is 17.2 Å². The third-order valence-corrected chi connectivity index (χ3v) is 6.19. The maximum atomic E-state index is 12.7. The van der Waals surface area contributed by atoms with Gasteiger partial charge in [0.15, 0.2) is 0 Å². The summed E-state index contributed by atoms with van der Waals surface area (Å²) in [4.78, 5) is 20.3. The number of rotatable bonds is 4. The van der Waals surface area contributed by atoms with Crippen LogP contribution in [-0.4, -0.2) is 33.5 Å². The van der Waals surface area contributed by atoms with Gasteiger partial charge in [0, 0.05) is 25.4 Å². The summed E-state index contributed by atoms with van der Waals surface area (Å²) in [6, 6.07) is 4.42. The number of carbonyl (C=O) groups is 1. The normalized spacial score (nSPS) is 23.9. The molecule has 0 bridgehead atoms. The zero-order chi connectivity index (χ0) is 16.4. The lowest BCUT2D eigenvalue weighted by Crippen LogP contribution is -2.49. The molecule has 2 fully saturated rings. The summed E-state index contributed by atoms with van der Waals surface area (Å²) in [5.41, 5.74) is 0. The molecule has 2 aliphatic rings. The summed E-state index contributed by atoms with van der Waals surface area (Å²) in [5, 5.41) is 6.01. The lowest BCUT2D eigenvalue weighted by atomic mass is 9.78. The Hall–Kier alpha value is -1.69. The first kappa shape index (κ1) is 15.8. The van der Waals surface area contributed by atoms with Gasteiger partial charge in [-0.15, -0.1) is 11.3 Å². The number of piperidine rings is 1. The van der Waals surface area contributed by atoms with Crippen molar-refractivity contribution in [1.29, 1.82) is 0 Å². The number of hydrogen-bond donors (Lipinski definition) is 0. The van der Waals surface area contributed by atoms with E-state index >= 15 is 0 Å². The average molecular weight is 345 g/mol. The summed E-state index contributed by atoms with van der Waals surface area (Å²) in [6.45, 7) is 0.921. The highest BCUT2D eigenvalue weighted by atomic mass is 32.1. The molecule has 24 heavy (non-hydrogen) atoms. The van der Waals surface area contributed by atoms with Gasteiger partial charge < -0.3 is 9.42 Å². The molecule has 0 radical (unpaired) electrons. The Morgan fingerprint density at radius 1 is 1.29 bits per heavy atom. The molecule has 1 aliphatic heterocycles. The standard InChI is InChI=1S/C18H23N3O2S/c22-17(21-11-3-6-13-5-1-2-7-14(13)21)10-9-16-19-18(20-23-16)15-8-4-12-24-15/h4,8,12-14H,1-3,5-7,9-11H2. The van der Waals surface area contributed by atoms with Crippen LogP contribution in [0.25, 0.3) is 10.7 Å². The molecule has 3 heterocycles. The van der Waals surface area contributed by atoms with Gasteiger partial charge in [0.05, 0.1) is 4.88 Å². The molecule has 1 saturated carbocycles. The quantitative estimate of drug-likeness (QED) is 0.843. The van der Waals surface area contributed by atoms with Gasteiger partial charge in [-0.25, -0.2) is 0 Å². The fourth-order valence-electron chi connectivity index (χ4n) is 4.15. The maximum Gasteiger partial charge on any atom is 0.227 e. The van der Waals surface area contributed by atoms with Gasteiger partial charge in [-0.2, -0.15) is 4.98 Å². The number of aryl methyl sites for hydroxylation is 1. The SMILES string of the molecule is O=C(CCc1nc(-c2cccs2)no1)N1CCCC2CCCCC21. The smallest absolute Gasteiger partial charge is 0.227 e. The van der Waals surface area contributed by atoms with E-state index in [2.05, 4.69) is 15.0 Å². The van der Waals surface area contributed by atoms with E-state index in [-0.39, 0.29) is 5.91 Å². The van der Waals surface area contributed by atoms with Crippen LogP contribution >= 0.6 is 11.3 Å². The Morgan fingerprint density at radius 2 is 2.17 bits per heavy atom.